The number of benzene rings is 11. The molecule has 13 rings (SSSR count). The molecule has 0 aliphatic rings. The predicted octanol–water partition coefficient (Wildman–Crippen LogP) is 21.0. The number of fused-ring (bicyclic) bond motifs is 6. The van der Waals surface area contributed by atoms with E-state index in [4.69, 9.17) is 6.57 Å². The fraction of sp³-hybridized carbons (Fsp3) is 0.0822. The minimum Gasteiger partial charge on any atom is -0.310 e. The van der Waals surface area contributed by atoms with Crippen molar-refractivity contribution >= 4 is 49.3 Å². The van der Waals surface area contributed by atoms with E-state index in [1.54, 1.807) is 6.92 Å². The van der Waals surface area contributed by atoms with Gasteiger partial charge in [0, 0.05) is 38.4 Å². The molecule has 0 saturated carbocycles. The molecule has 3 nitrogen and oxygen atoms in total. The second-order valence-corrected chi connectivity index (χ2v) is 21.2. The van der Waals surface area contributed by atoms with Crippen molar-refractivity contribution in [2.45, 2.75) is 40.8 Å². The van der Waals surface area contributed by atoms with Crippen LogP contribution in [0.3, 0.4) is 0 Å². The van der Waals surface area contributed by atoms with Gasteiger partial charge >= 0.3 is 6.18 Å². The smallest absolute Gasteiger partial charge is 0.310 e. The molecule has 0 unspecified atom stereocenters. The van der Waals surface area contributed by atoms with Crippen molar-refractivity contribution in [3.05, 3.63) is 269 Å². The Labute approximate surface area is 457 Å². The number of nitrogens with zero attached hydrogens (tertiary/aromatic N) is 3. The number of aromatic nitrogens is 2. The first-order chi connectivity index (χ1) is 38.2. The minimum atomic E-state index is -4.54. The summed E-state index contributed by atoms with van der Waals surface area (Å²) in [6.07, 6.45) is -4.54. The van der Waals surface area contributed by atoms with Crippen LogP contribution >= 0.6 is 0 Å². The topological polar surface area (TPSA) is 14.2 Å². The van der Waals surface area contributed by atoms with Crippen molar-refractivity contribution in [3.8, 4) is 78.1 Å². The Kier molecular flexibility index (Phi) is 11.8. The average molecular weight is 1030 g/mol. The Hall–Kier alpha value is -9.70. The SMILES string of the molecule is [C-]#[N+]c1ccc(-c2ccc(-c3cc(C)cc(C(F)(F)F)c3)cc2-n2c3ccc(-c4cccc(C)c4)cc3c3cc(-c4cccc(C)c4)ccc32)c(-n2c3ccc(-c4cccc(C)c4)cc3c3cc(-c4cccc(C)c4)ccc32)c1. The van der Waals surface area contributed by atoms with Crippen molar-refractivity contribution in [3.63, 3.8) is 0 Å². The summed E-state index contributed by atoms with van der Waals surface area (Å²) in [5, 5.41) is 4.20. The summed E-state index contributed by atoms with van der Waals surface area (Å²) in [5.74, 6) is 0. The van der Waals surface area contributed by atoms with E-state index in [-0.39, 0.29) is 0 Å². The summed E-state index contributed by atoms with van der Waals surface area (Å²) in [6.45, 7) is 18.5. The highest BCUT2D eigenvalue weighted by atomic mass is 19.4. The lowest BCUT2D eigenvalue weighted by Gasteiger charge is -2.21. The van der Waals surface area contributed by atoms with Gasteiger partial charge in [0.2, 0.25) is 0 Å². The molecule has 0 saturated heterocycles. The van der Waals surface area contributed by atoms with Crippen LogP contribution in [-0.4, -0.2) is 9.13 Å². The molecule has 6 heteroatoms. The van der Waals surface area contributed by atoms with Crippen LogP contribution in [0, 0.1) is 41.2 Å². The maximum atomic E-state index is 14.6. The van der Waals surface area contributed by atoms with Crippen molar-refractivity contribution in [2.24, 2.45) is 0 Å². The van der Waals surface area contributed by atoms with Crippen LogP contribution in [0.25, 0.3) is 127 Å². The maximum absolute atomic E-state index is 14.6. The van der Waals surface area contributed by atoms with Crippen molar-refractivity contribution in [1.82, 2.24) is 9.13 Å². The fourth-order valence-corrected chi connectivity index (χ4v) is 11.8. The Morgan fingerprint density at radius 2 is 0.646 bits per heavy atom. The molecule has 11 aromatic carbocycles. The van der Waals surface area contributed by atoms with Crippen LogP contribution in [0.5, 0.6) is 0 Å². The molecular formula is C73H52F3N3. The van der Waals surface area contributed by atoms with Gasteiger partial charge < -0.3 is 9.13 Å². The number of halogens is 3. The molecule has 0 radical (unpaired) electrons. The third kappa shape index (κ3) is 8.84. The molecule has 2 heterocycles. The van der Waals surface area contributed by atoms with Crippen molar-refractivity contribution in [2.75, 3.05) is 0 Å². The summed E-state index contributed by atoms with van der Waals surface area (Å²) in [5.41, 5.74) is 21.9. The molecule has 2 aromatic heterocycles. The fourth-order valence-electron chi connectivity index (χ4n) is 11.8. The van der Waals surface area contributed by atoms with Gasteiger partial charge in [-0.05, 0) is 169 Å². The number of hydrogen-bond donors (Lipinski definition) is 0. The van der Waals surface area contributed by atoms with Crippen LogP contribution in [-0.2, 0) is 6.18 Å². The molecule has 0 amide bonds. The summed E-state index contributed by atoms with van der Waals surface area (Å²) >= 11 is 0. The zero-order valence-corrected chi connectivity index (χ0v) is 44.3. The maximum Gasteiger partial charge on any atom is 0.416 e. The lowest BCUT2D eigenvalue weighted by atomic mass is 9.94. The van der Waals surface area contributed by atoms with E-state index in [1.807, 2.05) is 36.4 Å². The van der Waals surface area contributed by atoms with Gasteiger partial charge in [0.05, 0.1) is 39.9 Å². The van der Waals surface area contributed by atoms with Gasteiger partial charge in [-0.15, -0.1) is 0 Å². The van der Waals surface area contributed by atoms with Crippen LogP contribution in [0.15, 0.2) is 224 Å². The first-order valence-electron chi connectivity index (χ1n) is 26.6. The molecule has 0 spiro atoms. The highest BCUT2D eigenvalue weighted by molar-refractivity contribution is 6.14. The Balaban J connectivity index is 1.12. The van der Waals surface area contributed by atoms with Crippen molar-refractivity contribution in [1.29, 1.82) is 0 Å². The van der Waals surface area contributed by atoms with Gasteiger partial charge in [0.1, 0.15) is 0 Å². The number of rotatable bonds is 8. The van der Waals surface area contributed by atoms with Gasteiger partial charge in [-0.3, -0.25) is 0 Å². The third-order valence-corrected chi connectivity index (χ3v) is 15.6. The quantitative estimate of drug-likeness (QED) is 0.135. The average Bonchev–Trinajstić information content (AvgIpc) is 4.05. The molecule has 0 atom stereocenters. The summed E-state index contributed by atoms with van der Waals surface area (Å²) in [6, 6.07) is 76.9. The van der Waals surface area contributed by atoms with Crippen molar-refractivity contribution < 1.29 is 13.2 Å². The highest BCUT2D eigenvalue weighted by Crippen LogP contribution is 2.46. The monoisotopic (exact) mass is 1030 g/mol. The first-order valence-corrected chi connectivity index (χ1v) is 26.6. The van der Waals surface area contributed by atoms with Gasteiger partial charge in [-0.2, -0.15) is 13.2 Å². The molecule has 0 aliphatic heterocycles. The molecule has 79 heavy (non-hydrogen) atoms. The van der Waals surface area contributed by atoms with E-state index in [0.717, 1.165) is 122 Å². The zero-order chi connectivity index (χ0) is 54.3. The molecule has 13 aromatic rings. The molecule has 0 fully saturated rings. The minimum absolute atomic E-state index is 0.462. The van der Waals surface area contributed by atoms with E-state index >= 15 is 0 Å². The number of hydrogen-bond acceptors (Lipinski definition) is 0. The largest absolute Gasteiger partial charge is 0.416 e. The first kappa shape index (κ1) is 48.9. The molecule has 0 N–H and O–H groups in total. The van der Waals surface area contributed by atoms with Crippen LogP contribution in [0.4, 0.5) is 18.9 Å². The molecule has 380 valence electrons. The Morgan fingerprint density at radius 1 is 0.316 bits per heavy atom. The molecule has 0 bridgehead atoms. The van der Waals surface area contributed by atoms with Crippen LogP contribution in [0.1, 0.15) is 33.4 Å². The third-order valence-electron chi connectivity index (χ3n) is 15.6. The van der Waals surface area contributed by atoms with E-state index in [2.05, 4.69) is 218 Å². The van der Waals surface area contributed by atoms with E-state index in [1.165, 1.54) is 23.3 Å². The van der Waals surface area contributed by atoms with Gasteiger partial charge in [0.15, 0.2) is 5.69 Å². The lowest BCUT2D eigenvalue weighted by Crippen LogP contribution is -2.05. The lowest BCUT2D eigenvalue weighted by molar-refractivity contribution is -0.137. The number of alkyl halides is 3. The number of aryl methyl sites for hydroxylation is 5. The second-order valence-electron chi connectivity index (χ2n) is 21.2. The van der Waals surface area contributed by atoms with E-state index < -0.39 is 11.7 Å². The van der Waals surface area contributed by atoms with Gasteiger partial charge in [-0.1, -0.05) is 174 Å². The Bertz CT molecular complexity index is 4470. The summed E-state index contributed by atoms with van der Waals surface area (Å²) in [4.78, 5) is 4.02. The predicted molar refractivity (Wildman–Crippen MR) is 323 cm³/mol. The van der Waals surface area contributed by atoms with Crippen LogP contribution < -0.4 is 0 Å². The highest BCUT2D eigenvalue weighted by Gasteiger charge is 2.31. The Morgan fingerprint density at radius 3 is 1.01 bits per heavy atom. The molecular weight excluding hydrogens is 976 g/mol. The normalized spacial score (nSPS) is 11.8. The standard InChI is InChI=1S/C73H52F3N3/c1-44-11-7-15-49(31-44)53-20-27-67-63(38-53)64-39-54(50-16-8-12-45(2)32-50)21-28-68(64)78(67)71-42-57(58-35-48(5)36-59(37-58)73(74,75)76)19-25-61(71)62-26-24-60(77-6)43-72(62)79-69-29-22-55(51-17-9-13-46(3)33-51)40-65(69)66-41-56(23-30-70(66)79)52-18-10-14-47(4)34-52/h7-43H,1-5H3. The van der Waals surface area contributed by atoms with Crippen LogP contribution in [0.2, 0.25) is 0 Å². The molecule has 0 aliphatic carbocycles. The van der Waals surface area contributed by atoms with Gasteiger partial charge in [0.25, 0.3) is 0 Å². The zero-order valence-electron chi connectivity index (χ0n) is 44.3. The summed E-state index contributed by atoms with van der Waals surface area (Å²) in [7, 11) is 0. The van der Waals surface area contributed by atoms with E-state index in [0.29, 0.717) is 22.4 Å². The van der Waals surface area contributed by atoms with E-state index in [9.17, 15) is 13.2 Å². The summed E-state index contributed by atoms with van der Waals surface area (Å²) < 4.78 is 48.5. The second kappa shape index (κ2) is 19.1. The van der Waals surface area contributed by atoms with Gasteiger partial charge in [-0.25, -0.2) is 4.85 Å².